The number of nitrogens with zero attached hydrogens (tertiary/aromatic N) is 7. The molecule has 0 unspecified atom stereocenters. The van der Waals surface area contributed by atoms with Crippen molar-refractivity contribution >= 4 is 29.7 Å². The van der Waals surface area contributed by atoms with E-state index >= 15 is 0 Å². The number of fused-ring (bicyclic) bond motifs is 1. The summed E-state index contributed by atoms with van der Waals surface area (Å²) in [4.78, 5) is 25.6. The van der Waals surface area contributed by atoms with Crippen LogP contribution in [0.1, 0.15) is 23.0 Å². The molecule has 166 valence electrons. The summed E-state index contributed by atoms with van der Waals surface area (Å²) in [5.74, 6) is -0.744. The number of anilines is 1. The number of aliphatic imine (C=N–C) groups is 2. The Morgan fingerprint density at radius 3 is 2.73 bits per heavy atom. The molecule has 0 atom stereocenters. The molecule has 3 aromatic heterocycles. The molecule has 0 saturated heterocycles. The molecule has 10 heteroatoms. The van der Waals surface area contributed by atoms with E-state index in [1.54, 1.807) is 27.2 Å². The zero-order valence-electron chi connectivity index (χ0n) is 18.3. The summed E-state index contributed by atoms with van der Waals surface area (Å²) in [5.41, 5.74) is 3.11. The van der Waals surface area contributed by atoms with E-state index in [1.807, 2.05) is 30.3 Å². The molecule has 1 aromatic carbocycles. The predicted octanol–water partition coefficient (Wildman–Crippen LogP) is 3.54. The largest absolute Gasteiger partial charge is 0.318 e. The summed E-state index contributed by atoms with van der Waals surface area (Å²) < 4.78 is 17.6. The summed E-state index contributed by atoms with van der Waals surface area (Å²) in [6, 6.07) is 10.8. The number of rotatable bonds is 6. The summed E-state index contributed by atoms with van der Waals surface area (Å²) in [5, 5.41) is 11.1. The number of nitrogens with one attached hydrogen (secondary N) is 1. The van der Waals surface area contributed by atoms with Crippen LogP contribution >= 0.6 is 0 Å². The molecular weight excluding hydrogens is 423 g/mol. The van der Waals surface area contributed by atoms with Crippen molar-refractivity contribution in [1.29, 1.82) is 0 Å². The lowest BCUT2D eigenvalue weighted by Crippen LogP contribution is -2.20. The SMILES string of the molecule is C=N/C=C(C)\C(=N/C)c1cnn(C)c1C(=O)Nc1cc2nc(-c3ccccc3)nn2cc1F. The van der Waals surface area contributed by atoms with Crippen LogP contribution in [0.5, 0.6) is 0 Å². The lowest BCUT2D eigenvalue weighted by Gasteiger charge is -2.10. The van der Waals surface area contributed by atoms with Crippen molar-refractivity contribution in [2.24, 2.45) is 17.0 Å². The van der Waals surface area contributed by atoms with E-state index in [-0.39, 0.29) is 11.4 Å². The first kappa shape index (κ1) is 21.8. The standard InChI is InChI=1S/C23H21FN8O/c1-14(11-25-2)20(26-3)16-12-27-31(4)21(16)23(33)28-18-10-19-29-22(15-8-6-5-7-9-15)30-32(19)13-17(18)24/h5-13H,2H2,1,3-4H3,(H,28,33)/b14-11-,26-20+. The molecule has 0 bridgehead atoms. The van der Waals surface area contributed by atoms with Gasteiger partial charge in [-0.3, -0.25) is 19.5 Å². The highest BCUT2D eigenvalue weighted by atomic mass is 19.1. The second-order valence-electron chi connectivity index (χ2n) is 7.19. The van der Waals surface area contributed by atoms with Gasteiger partial charge in [0.25, 0.3) is 5.91 Å². The summed E-state index contributed by atoms with van der Waals surface area (Å²) in [7, 11) is 3.23. The van der Waals surface area contributed by atoms with Crippen LogP contribution in [0.15, 0.2) is 70.5 Å². The molecule has 33 heavy (non-hydrogen) atoms. The van der Waals surface area contributed by atoms with E-state index in [0.29, 0.717) is 28.3 Å². The molecule has 3 heterocycles. The van der Waals surface area contributed by atoms with Crippen LogP contribution in [-0.4, -0.2) is 49.8 Å². The van der Waals surface area contributed by atoms with Gasteiger partial charge in [0.15, 0.2) is 17.3 Å². The van der Waals surface area contributed by atoms with E-state index < -0.39 is 11.7 Å². The number of aromatic nitrogens is 5. The molecule has 4 aromatic rings. The van der Waals surface area contributed by atoms with Gasteiger partial charge in [0.05, 0.1) is 29.4 Å². The molecule has 0 aliphatic carbocycles. The van der Waals surface area contributed by atoms with Crippen molar-refractivity contribution < 1.29 is 9.18 Å². The number of hydrogen-bond donors (Lipinski definition) is 1. The number of carbonyl (C=O) groups excluding carboxylic acids is 1. The van der Waals surface area contributed by atoms with E-state index in [0.717, 1.165) is 5.56 Å². The molecule has 9 nitrogen and oxygen atoms in total. The highest BCUT2D eigenvalue weighted by Gasteiger charge is 2.23. The van der Waals surface area contributed by atoms with E-state index in [1.165, 1.54) is 27.7 Å². The van der Waals surface area contributed by atoms with Crippen molar-refractivity contribution in [3.63, 3.8) is 0 Å². The maximum absolute atomic E-state index is 14.8. The number of hydrogen-bond acceptors (Lipinski definition) is 6. The van der Waals surface area contributed by atoms with Crippen molar-refractivity contribution in [1.82, 2.24) is 24.4 Å². The zero-order valence-corrected chi connectivity index (χ0v) is 18.3. The number of benzene rings is 1. The third-order valence-corrected chi connectivity index (χ3v) is 5.00. The lowest BCUT2D eigenvalue weighted by atomic mass is 10.0. The quantitative estimate of drug-likeness (QED) is 0.460. The molecule has 0 spiro atoms. The van der Waals surface area contributed by atoms with Gasteiger partial charge in [-0.2, -0.15) is 5.10 Å². The summed E-state index contributed by atoms with van der Waals surface area (Å²) >= 11 is 0. The Balaban J connectivity index is 1.69. The minimum Gasteiger partial charge on any atom is -0.318 e. The minimum absolute atomic E-state index is 0.0262. The first-order valence-corrected chi connectivity index (χ1v) is 9.97. The molecule has 0 saturated carbocycles. The molecular formula is C23H21FN8O. The fourth-order valence-electron chi connectivity index (χ4n) is 3.48. The van der Waals surface area contributed by atoms with Crippen LogP contribution in [0.2, 0.25) is 0 Å². The average Bonchev–Trinajstić information content (AvgIpc) is 3.38. The number of halogens is 1. The summed E-state index contributed by atoms with van der Waals surface area (Å²) in [6.45, 7) is 5.25. The fraction of sp³-hybridized carbons (Fsp3) is 0.130. The molecule has 0 radical (unpaired) electrons. The topological polar surface area (TPSA) is 102 Å². The van der Waals surface area contributed by atoms with E-state index in [4.69, 9.17) is 0 Å². The number of carbonyl (C=O) groups is 1. The third-order valence-electron chi connectivity index (χ3n) is 5.00. The van der Waals surface area contributed by atoms with Crippen LogP contribution in [0.4, 0.5) is 10.1 Å². The van der Waals surface area contributed by atoms with Crippen LogP contribution in [-0.2, 0) is 7.05 Å². The fourth-order valence-corrected chi connectivity index (χ4v) is 3.48. The minimum atomic E-state index is -0.652. The number of pyridine rings is 1. The molecule has 0 aliphatic rings. The molecule has 1 N–H and O–H groups in total. The van der Waals surface area contributed by atoms with Crippen LogP contribution in [0.3, 0.4) is 0 Å². The van der Waals surface area contributed by atoms with Gasteiger partial charge in [0, 0.05) is 31.9 Å². The van der Waals surface area contributed by atoms with Crippen molar-refractivity contribution in [3.05, 3.63) is 77.6 Å². The maximum atomic E-state index is 14.8. The second-order valence-corrected chi connectivity index (χ2v) is 7.19. The zero-order chi connectivity index (χ0) is 23.5. The number of amides is 1. The van der Waals surface area contributed by atoms with Gasteiger partial charge < -0.3 is 5.32 Å². The van der Waals surface area contributed by atoms with Crippen molar-refractivity contribution in [2.45, 2.75) is 6.92 Å². The highest BCUT2D eigenvalue weighted by Crippen LogP contribution is 2.22. The Morgan fingerprint density at radius 2 is 2.03 bits per heavy atom. The van der Waals surface area contributed by atoms with E-state index in [2.05, 4.69) is 37.2 Å². The smallest absolute Gasteiger partial charge is 0.274 e. The maximum Gasteiger partial charge on any atom is 0.274 e. The van der Waals surface area contributed by atoms with Crippen molar-refractivity contribution in [3.8, 4) is 11.4 Å². The predicted molar refractivity (Wildman–Crippen MR) is 125 cm³/mol. The Morgan fingerprint density at radius 1 is 1.27 bits per heavy atom. The Kier molecular flexibility index (Phi) is 5.90. The van der Waals surface area contributed by atoms with Gasteiger partial charge >= 0.3 is 0 Å². The van der Waals surface area contributed by atoms with Gasteiger partial charge in [-0.25, -0.2) is 13.9 Å². The van der Waals surface area contributed by atoms with Gasteiger partial charge in [0.1, 0.15) is 5.69 Å². The van der Waals surface area contributed by atoms with Gasteiger partial charge in [-0.1, -0.05) is 30.3 Å². The lowest BCUT2D eigenvalue weighted by molar-refractivity contribution is 0.101. The second kappa shape index (κ2) is 8.95. The van der Waals surface area contributed by atoms with Gasteiger partial charge in [0.2, 0.25) is 0 Å². The summed E-state index contributed by atoms with van der Waals surface area (Å²) in [6.07, 6.45) is 4.25. The monoisotopic (exact) mass is 444 g/mol. The first-order valence-electron chi connectivity index (χ1n) is 9.97. The third kappa shape index (κ3) is 4.18. The van der Waals surface area contributed by atoms with E-state index in [9.17, 15) is 9.18 Å². The first-order chi connectivity index (χ1) is 15.9. The Bertz CT molecular complexity index is 1420. The van der Waals surface area contributed by atoms with Gasteiger partial charge in [-0.05, 0) is 19.2 Å². The average molecular weight is 444 g/mol. The Hall–Kier alpha value is -4.47. The van der Waals surface area contributed by atoms with Crippen LogP contribution in [0.25, 0.3) is 17.0 Å². The molecule has 0 fully saturated rings. The molecule has 4 rings (SSSR count). The highest BCUT2D eigenvalue weighted by molar-refractivity contribution is 6.19. The molecule has 0 aliphatic heterocycles. The van der Waals surface area contributed by atoms with Crippen LogP contribution < -0.4 is 5.32 Å². The number of allylic oxidation sites excluding steroid dienone is 1. The number of aryl methyl sites for hydroxylation is 1. The Labute approximate surface area is 189 Å². The van der Waals surface area contributed by atoms with Crippen molar-refractivity contribution in [2.75, 3.05) is 12.4 Å². The van der Waals surface area contributed by atoms with Gasteiger partial charge in [-0.15, -0.1) is 5.10 Å². The normalized spacial score (nSPS) is 12.2. The van der Waals surface area contributed by atoms with Crippen LogP contribution in [0, 0.1) is 5.82 Å². The molecule has 1 amide bonds.